The van der Waals surface area contributed by atoms with Crippen molar-refractivity contribution in [3.63, 3.8) is 0 Å². The Kier molecular flexibility index (Phi) is 3.25. The largest absolute Gasteiger partial charge is 0.508 e. The number of phenols is 2. The van der Waals surface area contributed by atoms with E-state index in [1.54, 1.807) is 12.1 Å². The molecule has 2 aromatic carbocycles. The molecule has 0 aromatic heterocycles. The second kappa shape index (κ2) is 5.11. The summed E-state index contributed by atoms with van der Waals surface area (Å²) in [6.45, 7) is 0. The molecule has 0 saturated heterocycles. The van der Waals surface area contributed by atoms with Gasteiger partial charge in [0.05, 0.1) is 5.56 Å². The molecule has 0 spiro atoms. The van der Waals surface area contributed by atoms with Gasteiger partial charge in [-0.2, -0.15) is 0 Å². The van der Waals surface area contributed by atoms with Crippen LogP contribution in [0.4, 0.5) is 5.69 Å². The molecule has 1 aliphatic heterocycles. The molecule has 5 nitrogen and oxygen atoms in total. The fraction of sp³-hybridized carbons (Fsp3) is 0.118. The number of ether oxygens (including phenoxy) is 1. The van der Waals surface area contributed by atoms with E-state index in [0.717, 1.165) is 5.69 Å². The highest BCUT2D eigenvalue weighted by molar-refractivity contribution is 6.14. The van der Waals surface area contributed by atoms with Gasteiger partial charge < -0.3 is 19.8 Å². The van der Waals surface area contributed by atoms with Crippen molar-refractivity contribution in [3.8, 4) is 17.2 Å². The van der Waals surface area contributed by atoms with E-state index in [2.05, 4.69) is 0 Å². The number of ketones is 1. The van der Waals surface area contributed by atoms with Crippen LogP contribution in [0.1, 0.15) is 15.9 Å². The summed E-state index contributed by atoms with van der Waals surface area (Å²) in [6.07, 6.45) is 1.46. The molecule has 22 heavy (non-hydrogen) atoms. The summed E-state index contributed by atoms with van der Waals surface area (Å²) in [6, 6.07) is 9.53. The number of carbonyl (C=O) groups excluding carboxylic acids is 1. The first-order valence-corrected chi connectivity index (χ1v) is 6.73. The van der Waals surface area contributed by atoms with Crippen LogP contribution in [0.5, 0.6) is 17.2 Å². The number of allylic oxidation sites excluding steroid dienone is 1. The molecule has 0 bridgehead atoms. The number of nitrogens with zero attached hydrogens (tertiary/aromatic N) is 1. The van der Waals surface area contributed by atoms with Crippen molar-refractivity contribution in [3.05, 3.63) is 53.3 Å². The van der Waals surface area contributed by atoms with Crippen molar-refractivity contribution in [2.45, 2.75) is 0 Å². The van der Waals surface area contributed by atoms with Gasteiger partial charge in [-0.25, -0.2) is 0 Å². The van der Waals surface area contributed by atoms with E-state index in [-0.39, 0.29) is 23.0 Å². The molecular formula is C17H15NO4. The summed E-state index contributed by atoms with van der Waals surface area (Å²) < 4.78 is 5.61. The lowest BCUT2D eigenvalue weighted by Gasteiger charge is -2.12. The quantitative estimate of drug-likeness (QED) is 0.834. The maximum Gasteiger partial charge on any atom is 0.231 e. The van der Waals surface area contributed by atoms with Crippen LogP contribution in [-0.2, 0) is 0 Å². The van der Waals surface area contributed by atoms with Gasteiger partial charge in [-0.1, -0.05) is 0 Å². The van der Waals surface area contributed by atoms with Gasteiger partial charge in [0.1, 0.15) is 17.2 Å². The first kappa shape index (κ1) is 14.0. The minimum atomic E-state index is -0.229. The Labute approximate surface area is 127 Å². The minimum absolute atomic E-state index is 0.0442. The first-order chi connectivity index (χ1) is 10.5. The van der Waals surface area contributed by atoms with Crippen LogP contribution in [0.3, 0.4) is 0 Å². The van der Waals surface area contributed by atoms with E-state index in [1.807, 2.05) is 25.1 Å². The van der Waals surface area contributed by atoms with E-state index in [1.165, 1.54) is 24.3 Å². The first-order valence-electron chi connectivity index (χ1n) is 6.73. The van der Waals surface area contributed by atoms with Crippen LogP contribution in [-0.4, -0.2) is 30.1 Å². The van der Waals surface area contributed by atoms with Crippen molar-refractivity contribution < 1.29 is 19.7 Å². The molecule has 3 rings (SSSR count). The number of carbonyl (C=O) groups is 1. The summed E-state index contributed by atoms with van der Waals surface area (Å²) in [5.41, 5.74) is 1.83. The molecule has 0 atom stereocenters. The third kappa shape index (κ3) is 2.37. The molecule has 0 amide bonds. The van der Waals surface area contributed by atoms with E-state index in [4.69, 9.17) is 4.74 Å². The van der Waals surface area contributed by atoms with E-state index < -0.39 is 0 Å². The van der Waals surface area contributed by atoms with Gasteiger partial charge in [-0.3, -0.25) is 4.79 Å². The molecule has 1 heterocycles. The summed E-state index contributed by atoms with van der Waals surface area (Å²) >= 11 is 0. The Morgan fingerprint density at radius 3 is 2.55 bits per heavy atom. The van der Waals surface area contributed by atoms with Gasteiger partial charge in [0.2, 0.25) is 5.78 Å². The Balaban J connectivity index is 1.98. The van der Waals surface area contributed by atoms with Gasteiger partial charge in [0.15, 0.2) is 5.76 Å². The van der Waals surface area contributed by atoms with Crippen molar-refractivity contribution >= 4 is 17.5 Å². The van der Waals surface area contributed by atoms with Crippen LogP contribution < -0.4 is 9.64 Å². The van der Waals surface area contributed by atoms with E-state index in [0.29, 0.717) is 16.9 Å². The fourth-order valence-corrected chi connectivity index (χ4v) is 2.25. The zero-order chi connectivity index (χ0) is 15.9. The maximum absolute atomic E-state index is 12.3. The normalized spacial score (nSPS) is 14.8. The van der Waals surface area contributed by atoms with Crippen LogP contribution >= 0.6 is 0 Å². The average Bonchev–Trinajstić information content (AvgIpc) is 2.78. The lowest BCUT2D eigenvalue weighted by atomic mass is 10.1. The predicted molar refractivity (Wildman–Crippen MR) is 83.5 cm³/mol. The number of hydrogen-bond donors (Lipinski definition) is 2. The molecule has 5 heteroatoms. The molecule has 0 aliphatic carbocycles. The number of rotatable bonds is 2. The monoisotopic (exact) mass is 297 g/mol. The van der Waals surface area contributed by atoms with Crippen molar-refractivity contribution in [1.82, 2.24) is 0 Å². The highest BCUT2D eigenvalue weighted by Gasteiger charge is 2.27. The molecule has 0 saturated carbocycles. The Bertz CT molecular complexity index is 793. The number of fused-ring (bicyclic) bond motifs is 1. The smallest absolute Gasteiger partial charge is 0.231 e. The standard InChI is InChI=1S/C17H15NO4/c1-18(2)11-4-6-13-15(8-11)22-16(17(13)21)7-10-3-5-12(19)9-14(10)20/h3-9,19-20H,1-2H3/b16-7-. The number of Topliss-reactive ketones (excluding diaryl/α,β-unsaturated/α-hetero) is 1. The summed E-state index contributed by atoms with van der Waals surface area (Å²) in [4.78, 5) is 14.2. The molecule has 0 radical (unpaired) electrons. The summed E-state index contributed by atoms with van der Waals surface area (Å²) in [5.74, 6) is 0.256. The van der Waals surface area contributed by atoms with Crippen LogP contribution in [0.2, 0.25) is 0 Å². The van der Waals surface area contributed by atoms with Gasteiger partial charge in [0.25, 0.3) is 0 Å². The van der Waals surface area contributed by atoms with Gasteiger partial charge in [-0.15, -0.1) is 0 Å². The SMILES string of the molecule is CN(C)c1ccc2c(c1)O/C(=C\c1ccc(O)cc1O)C2=O. The Hall–Kier alpha value is -2.95. The Morgan fingerprint density at radius 1 is 1.09 bits per heavy atom. The highest BCUT2D eigenvalue weighted by Crippen LogP contribution is 2.35. The number of phenolic OH excluding ortho intramolecular Hbond substituents is 2. The molecule has 2 N–H and O–H groups in total. The molecule has 0 fully saturated rings. The second-order valence-corrected chi connectivity index (χ2v) is 5.26. The van der Waals surface area contributed by atoms with E-state index in [9.17, 15) is 15.0 Å². The van der Waals surface area contributed by atoms with Gasteiger partial charge >= 0.3 is 0 Å². The maximum atomic E-state index is 12.3. The minimum Gasteiger partial charge on any atom is -0.508 e. The number of benzene rings is 2. The number of hydrogen-bond acceptors (Lipinski definition) is 5. The zero-order valence-electron chi connectivity index (χ0n) is 12.2. The number of anilines is 1. The lowest BCUT2D eigenvalue weighted by molar-refractivity contribution is 0.101. The van der Waals surface area contributed by atoms with Gasteiger partial charge in [-0.05, 0) is 30.3 Å². The average molecular weight is 297 g/mol. The third-order valence-corrected chi connectivity index (χ3v) is 3.47. The van der Waals surface area contributed by atoms with Crippen molar-refractivity contribution in [1.29, 1.82) is 0 Å². The van der Waals surface area contributed by atoms with Crippen LogP contribution in [0, 0.1) is 0 Å². The fourth-order valence-electron chi connectivity index (χ4n) is 2.25. The predicted octanol–water partition coefficient (Wildman–Crippen LogP) is 2.78. The number of aromatic hydroxyl groups is 2. The molecule has 1 aliphatic rings. The highest BCUT2D eigenvalue weighted by atomic mass is 16.5. The molecular weight excluding hydrogens is 282 g/mol. The molecule has 112 valence electrons. The third-order valence-electron chi connectivity index (χ3n) is 3.47. The molecule has 2 aromatic rings. The summed E-state index contributed by atoms with van der Waals surface area (Å²) in [5, 5.41) is 19.1. The van der Waals surface area contributed by atoms with Gasteiger partial charge in [0, 0.05) is 37.5 Å². The van der Waals surface area contributed by atoms with Crippen molar-refractivity contribution in [2.75, 3.05) is 19.0 Å². The molecule has 0 unspecified atom stereocenters. The lowest BCUT2D eigenvalue weighted by Crippen LogP contribution is -2.08. The second-order valence-electron chi connectivity index (χ2n) is 5.26. The Morgan fingerprint density at radius 2 is 1.86 bits per heavy atom. The van der Waals surface area contributed by atoms with Crippen LogP contribution in [0.15, 0.2) is 42.2 Å². The van der Waals surface area contributed by atoms with E-state index >= 15 is 0 Å². The topological polar surface area (TPSA) is 70.0 Å². The zero-order valence-corrected chi connectivity index (χ0v) is 12.2. The summed E-state index contributed by atoms with van der Waals surface area (Å²) in [7, 11) is 3.81. The van der Waals surface area contributed by atoms with Crippen LogP contribution in [0.25, 0.3) is 6.08 Å². The van der Waals surface area contributed by atoms with Crippen molar-refractivity contribution in [2.24, 2.45) is 0 Å².